The lowest BCUT2D eigenvalue weighted by Crippen LogP contribution is -2.30. The van der Waals surface area contributed by atoms with Crippen LogP contribution in [0.4, 0.5) is 11.5 Å². The number of rotatable bonds is 6. The Hall–Kier alpha value is -2.38. The van der Waals surface area contributed by atoms with Crippen molar-refractivity contribution < 1.29 is 10.1 Å². The van der Waals surface area contributed by atoms with Crippen LogP contribution in [0.15, 0.2) is 17.3 Å². The third kappa shape index (κ3) is 2.88. The second-order valence-electron chi connectivity index (χ2n) is 5.61. The van der Waals surface area contributed by atoms with Gasteiger partial charge in [0.2, 0.25) is 0 Å². The summed E-state index contributed by atoms with van der Waals surface area (Å²) in [6.45, 7) is 0.922. The summed E-state index contributed by atoms with van der Waals surface area (Å²) in [7, 11) is 0. The van der Waals surface area contributed by atoms with E-state index < -0.39 is 4.92 Å². The lowest BCUT2D eigenvalue weighted by molar-refractivity contribution is -0.385. The van der Waals surface area contributed by atoms with Gasteiger partial charge >= 0.3 is 0 Å². The highest BCUT2D eigenvalue weighted by atomic mass is 16.6. The van der Waals surface area contributed by atoms with E-state index in [4.69, 9.17) is 10.9 Å². The molecular formula is C13H17N5O3. The molecule has 2 saturated carbocycles. The molecule has 1 aromatic heterocycles. The zero-order valence-electron chi connectivity index (χ0n) is 11.5. The maximum atomic E-state index is 11.0. The predicted molar refractivity (Wildman–Crippen MR) is 76.5 cm³/mol. The number of pyridine rings is 1. The van der Waals surface area contributed by atoms with Crippen LogP contribution >= 0.6 is 0 Å². The van der Waals surface area contributed by atoms with Gasteiger partial charge in [0.15, 0.2) is 11.5 Å². The van der Waals surface area contributed by atoms with E-state index in [0.29, 0.717) is 17.8 Å². The van der Waals surface area contributed by atoms with Crippen molar-refractivity contribution in [3.8, 4) is 0 Å². The number of nitrogens with zero attached hydrogens (tertiary/aromatic N) is 4. The van der Waals surface area contributed by atoms with E-state index in [9.17, 15) is 10.1 Å². The Labute approximate surface area is 121 Å². The summed E-state index contributed by atoms with van der Waals surface area (Å²) in [5.41, 5.74) is 5.19. The minimum Gasteiger partial charge on any atom is -0.409 e. The number of anilines is 1. The van der Waals surface area contributed by atoms with Crippen LogP contribution in [0.25, 0.3) is 0 Å². The molecule has 8 heteroatoms. The Morgan fingerprint density at radius 2 is 2.19 bits per heavy atom. The minimum atomic E-state index is -0.577. The molecule has 21 heavy (non-hydrogen) atoms. The fourth-order valence-electron chi connectivity index (χ4n) is 2.38. The first-order valence-corrected chi connectivity index (χ1v) is 7.00. The van der Waals surface area contributed by atoms with Crippen LogP contribution in [0, 0.1) is 16.0 Å². The Kier molecular flexibility index (Phi) is 3.36. The molecule has 0 saturated heterocycles. The summed E-state index contributed by atoms with van der Waals surface area (Å²) < 4.78 is 0. The van der Waals surface area contributed by atoms with Crippen LogP contribution in [0.3, 0.4) is 0 Å². The van der Waals surface area contributed by atoms with Crippen molar-refractivity contribution in [2.45, 2.75) is 31.7 Å². The van der Waals surface area contributed by atoms with Crippen molar-refractivity contribution >= 4 is 17.3 Å². The molecule has 0 atom stereocenters. The van der Waals surface area contributed by atoms with Crippen LogP contribution in [0.1, 0.15) is 31.4 Å². The first-order valence-electron chi connectivity index (χ1n) is 7.00. The Morgan fingerprint density at radius 3 is 2.71 bits per heavy atom. The molecule has 1 aromatic rings. The molecule has 3 N–H and O–H groups in total. The standard InChI is InChI=1S/C13H17N5O3/c14-13(16-19)12-10(18(20)21)5-6-11(15-12)17(9-3-4-9)7-8-1-2-8/h5-6,8-9,19H,1-4,7H2,(H2,14,16). The van der Waals surface area contributed by atoms with E-state index in [1.807, 2.05) is 0 Å². The molecule has 0 spiro atoms. The summed E-state index contributed by atoms with van der Waals surface area (Å²) in [5.74, 6) is 1.01. The molecule has 0 aromatic carbocycles. The summed E-state index contributed by atoms with van der Waals surface area (Å²) in [5, 5.41) is 22.6. The van der Waals surface area contributed by atoms with E-state index in [-0.39, 0.29) is 17.2 Å². The molecule has 2 fully saturated rings. The molecule has 1 heterocycles. The van der Waals surface area contributed by atoms with Gasteiger partial charge in [-0.15, -0.1) is 0 Å². The van der Waals surface area contributed by atoms with Crippen LogP contribution < -0.4 is 10.6 Å². The van der Waals surface area contributed by atoms with Gasteiger partial charge < -0.3 is 15.8 Å². The molecule has 0 radical (unpaired) electrons. The number of hydrogen-bond donors (Lipinski definition) is 2. The topological polar surface area (TPSA) is 118 Å². The molecule has 0 unspecified atom stereocenters. The monoisotopic (exact) mass is 291 g/mol. The molecule has 2 aliphatic carbocycles. The van der Waals surface area contributed by atoms with Gasteiger partial charge in [-0.3, -0.25) is 10.1 Å². The average Bonchev–Trinajstić information content (AvgIpc) is 3.36. The number of nitro groups is 1. The fourth-order valence-corrected chi connectivity index (χ4v) is 2.38. The normalized spacial score (nSPS) is 18.6. The number of hydrogen-bond acceptors (Lipinski definition) is 6. The van der Waals surface area contributed by atoms with Gasteiger partial charge in [0.25, 0.3) is 5.69 Å². The second kappa shape index (κ2) is 5.19. The van der Waals surface area contributed by atoms with Crippen molar-refractivity contribution in [2.75, 3.05) is 11.4 Å². The second-order valence-corrected chi connectivity index (χ2v) is 5.61. The summed E-state index contributed by atoms with van der Waals surface area (Å²) in [4.78, 5) is 16.9. The van der Waals surface area contributed by atoms with Crippen molar-refractivity contribution in [2.24, 2.45) is 16.8 Å². The van der Waals surface area contributed by atoms with E-state index in [0.717, 1.165) is 19.4 Å². The lowest BCUT2D eigenvalue weighted by Gasteiger charge is -2.23. The first kappa shape index (κ1) is 13.6. The quantitative estimate of drug-likeness (QED) is 0.269. The Bertz CT molecular complexity index is 595. The minimum absolute atomic E-state index is 0.0820. The number of aromatic nitrogens is 1. The molecule has 3 rings (SSSR count). The Morgan fingerprint density at radius 1 is 1.48 bits per heavy atom. The average molecular weight is 291 g/mol. The van der Waals surface area contributed by atoms with Crippen LogP contribution in [0.5, 0.6) is 0 Å². The van der Waals surface area contributed by atoms with Crippen LogP contribution in [-0.2, 0) is 0 Å². The Balaban J connectivity index is 1.95. The molecular weight excluding hydrogens is 274 g/mol. The van der Waals surface area contributed by atoms with Crippen molar-refractivity contribution in [3.63, 3.8) is 0 Å². The van der Waals surface area contributed by atoms with E-state index in [2.05, 4.69) is 15.0 Å². The van der Waals surface area contributed by atoms with Gasteiger partial charge in [-0.2, -0.15) is 0 Å². The van der Waals surface area contributed by atoms with E-state index in [1.165, 1.54) is 18.9 Å². The smallest absolute Gasteiger partial charge is 0.298 e. The maximum Gasteiger partial charge on any atom is 0.298 e. The fraction of sp³-hybridized carbons (Fsp3) is 0.538. The largest absolute Gasteiger partial charge is 0.409 e. The first-order chi connectivity index (χ1) is 10.1. The predicted octanol–water partition coefficient (Wildman–Crippen LogP) is 1.46. The number of amidine groups is 1. The lowest BCUT2D eigenvalue weighted by atomic mass is 10.2. The zero-order valence-corrected chi connectivity index (χ0v) is 11.5. The molecule has 0 aliphatic heterocycles. The highest BCUT2D eigenvalue weighted by molar-refractivity contribution is 5.99. The summed E-state index contributed by atoms with van der Waals surface area (Å²) in [6, 6.07) is 3.48. The summed E-state index contributed by atoms with van der Waals surface area (Å²) in [6.07, 6.45) is 4.68. The molecule has 0 bridgehead atoms. The maximum absolute atomic E-state index is 11.0. The molecule has 0 amide bonds. The van der Waals surface area contributed by atoms with Crippen LogP contribution in [0.2, 0.25) is 0 Å². The third-order valence-corrected chi connectivity index (χ3v) is 3.84. The van der Waals surface area contributed by atoms with E-state index in [1.54, 1.807) is 6.07 Å². The van der Waals surface area contributed by atoms with Gasteiger partial charge in [0, 0.05) is 18.7 Å². The van der Waals surface area contributed by atoms with Gasteiger partial charge in [0.1, 0.15) is 5.82 Å². The van der Waals surface area contributed by atoms with Gasteiger partial charge in [0.05, 0.1) is 4.92 Å². The van der Waals surface area contributed by atoms with Gasteiger partial charge in [-0.1, -0.05) is 5.16 Å². The van der Waals surface area contributed by atoms with Crippen molar-refractivity contribution in [1.82, 2.24) is 4.98 Å². The molecule has 112 valence electrons. The van der Waals surface area contributed by atoms with Crippen molar-refractivity contribution in [1.29, 1.82) is 0 Å². The zero-order chi connectivity index (χ0) is 15.0. The highest BCUT2D eigenvalue weighted by Crippen LogP contribution is 2.37. The number of oxime groups is 1. The number of nitrogens with two attached hydrogens (primary N) is 1. The summed E-state index contributed by atoms with van der Waals surface area (Å²) >= 11 is 0. The van der Waals surface area contributed by atoms with Crippen LogP contribution in [-0.4, -0.2) is 33.5 Å². The SMILES string of the molecule is N/C(=N/O)c1nc(N(CC2CC2)C2CC2)ccc1[N+](=O)[O-]. The van der Waals surface area contributed by atoms with E-state index >= 15 is 0 Å². The van der Waals surface area contributed by atoms with Gasteiger partial charge in [-0.25, -0.2) is 4.98 Å². The highest BCUT2D eigenvalue weighted by Gasteiger charge is 2.35. The van der Waals surface area contributed by atoms with Crippen molar-refractivity contribution in [3.05, 3.63) is 27.9 Å². The molecule has 8 nitrogen and oxygen atoms in total. The molecule has 2 aliphatic rings. The van der Waals surface area contributed by atoms with Gasteiger partial charge in [-0.05, 0) is 37.7 Å². The third-order valence-electron chi connectivity index (χ3n) is 3.84.